The van der Waals surface area contributed by atoms with E-state index in [1.807, 2.05) is 13.8 Å². The molecule has 0 radical (unpaired) electrons. The van der Waals surface area contributed by atoms with Gasteiger partial charge in [-0.25, -0.2) is 0 Å². The number of carbonyl (C=O) groups excluding carboxylic acids is 1. The Hall–Kier alpha value is -0.410. The van der Waals surface area contributed by atoms with Crippen molar-refractivity contribution in [3.8, 4) is 0 Å². The zero-order valence-corrected chi connectivity index (χ0v) is 8.84. The van der Waals surface area contributed by atoms with Crippen LogP contribution in [-0.2, 0) is 14.3 Å². The van der Waals surface area contributed by atoms with E-state index in [9.17, 15) is 4.79 Å². The van der Waals surface area contributed by atoms with Gasteiger partial charge in [-0.15, -0.1) is 0 Å². The Kier molecular flexibility index (Phi) is 7.94. The summed E-state index contributed by atoms with van der Waals surface area (Å²) in [4.78, 5) is 11.4. The van der Waals surface area contributed by atoms with E-state index in [2.05, 4.69) is 0 Å². The molecule has 3 heteroatoms. The minimum atomic E-state index is -0.276. The number of methoxy groups -OCH3 is 1. The third-order valence-electron chi connectivity index (χ3n) is 1.79. The maximum absolute atomic E-state index is 11.4. The molecule has 0 saturated carbocycles. The van der Waals surface area contributed by atoms with Crippen molar-refractivity contribution in [3.05, 3.63) is 0 Å². The quantitative estimate of drug-likeness (QED) is 0.545. The molecule has 1 atom stereocenters. The van der Waals surface area contributed by atoms with Gasteiger partial charge in [0, 0.05) is 13.7 Å². The molecular formula is C10H20O3. The van der Waals surface area contributed by atoms with Gasteiger partial charge in [0.25, 0.3) is 0 Å². The van der Waals surface area contributed by atoms with Gasteiger partial charge >= 0.3 is 0 Å². The van der Waals surface area contributed by atoms with Crippen molar-refractivity contribution in [2.75, 3.05) is 20.3 Å². The normalized spacial score (nSPS) is 12.8. The molecule has 0 aliphatic heterocycles. The molecule has 0 aromatic heterocycles. The minimum Gasteiger partial charge on any atom is -0.374 e. The summed E-state index contributed by atoms with van der Waals surface area (Å²) in [5.74, 6) is 0.0535. The predicted molar refractivity (Wildman–Crippen MR) is 51.8 cm³/mol. The molecule has 0 aliphatic rings. The molecule has 0 fully saturated rings. The molecule has 3 nitrogen and oxygen atoms in total. The molecule has 0 aromatic rings. The number of rotatable bonds is 8. The van der Waals surface area contributed by atoms with E-state index in [1.54, 1.807) is 7.11 Å². The average molecular weight is 188 g/mol. The van der Waals surface area contributed by atoms with Crippen molar-refractivity contribution < 1.29 is 14.3 Å². The van der Waals surface area contributed by atoms with E-state index in [0.717, 1.165) is 19.3 Å². The number of hydrogen-bond donors (Lipinski definition) is 0. The molecule has 0 aliphatic carbocycles. The van der Waals surface area contributed by atoms with Crippen molar-refractivity contribution in [2.45, 2.75) is 39.2 Å². The molecule has 0 bridgehead atoms. The standard InChI is InChI=1S/C10H20O3/c1-4-6-10(12-3)9(11)8-13-7-5-2/h10H,4-8H2,1-3H3. The number of carbonyl (C=O) groups is 1. The number of Topliss-reactive ketones (excluding diaryl/α,β-unsaturated/α-hetero) is 1. The molecule has 0 aromatic carbocycles. The summed E-state index contributed by atoms with van der Waals surface area (Å²) in [6.45, 7) is 4.89. The van der Waals surface area contributed by atoms with Crippen LogP contribution >= 0.6 is 0 Å². The number of ether oxygens (including phenoxy) is 2. The number of hydrogen-bond acceptors (Lipinski definition) is 3. The van der Waals surface area contributed by atoms with Crippen molar-refractivity contribution in [2.24, 2.45) is 0 Å². The summed E-state index contributed by atoms with van der Waals surface area (Å²) >= 11 is 0. The summed E-state index contributed by atoms with van der Waals surface area (Å²) in [5, 5.41) is 0. The van der Waals surface area contributed by atoms with Gasteiger partial charge in [0.15, 0.2) is 5.78 Å². The van der Waals surface area contributed by atoms with Crippen molar-refractivity contribution in [3.63, 3.8) is 0 Å². The fraction of sp³-hybridized carbons (Fsp3) is 0.900. The lowest BCUT2D eigenvalue weighted by atomic mass is 10.1. The van der Waals surface area contributed by atoms with Gasteiger partial charge in [0.05, 0.1) is 0 Å². The SMILES string of the molecule is CCCOCC(=O)C(CCC)OC. The van der Waals surface area contributed by atoms with Crippen LogP contribution in [-0.4, -0.2) is 32.2 Å². The molecular weight excluding hydrogens is 168 g/mol. The second-order valence-electron chi connectivity index (χ2n) is 3.03. The Morgan fingerprint density at radius 3 is 2.46 bits per heavy atom. The van der Waals surface area contributed by atoms with Gasteiger partial charge in [0.2, 0.25) is 0 Å². The van der Waals surface area contributed by atoms with Gasteiger partial charge in [-0.3, -0.25) is 4.79 Å². The van der Waals surface area contributed by atoms with Crippen molar-refractivity contribution in [1.82, 2.24) is 0 Å². The zero-order chi connectivity index (χ0) is 10.1. The molecule has 0 amide bonds. The monoisotopic (exact) mass is 188 g/mol. The summed E-state index contributed by atoms with van der Waals surface area (Å²) in [7, 11) is 1.57. The molecule has 0 saturated heterocycles. The topological polar surface area (TPSA) is 35.5 Å². The van der Waals surface area contributed by atoms with Crippen molar-refractivity contribution in [1.29, 1.82) is 0 Å². The molecule has 0 heterocycles. The second kappa shape index (κ2) is 8.20. The van der Waals surface area contributed by atoms with Crippen LogP contribution in [0, 0.1) is 0 Å². The van der Waals surface area contributed by atoms with Gasteiger partial charge in [-0.2, -0.15) is 0 Å². The van der Waals surface area contributed by atoms with E-state index in [0.29, 0.717) is 6.61 Å². The largest absolute Gasteiger partial charge is 0.374 e. The lowest BCUT2D eigenvalue weighted by molar-refractivity contribution is -0.133. The lowest BCUT2D eigenvalue weighted by Crippen LogP contribution is -2.27. The highest BCUT2D eigenvalue weighted by Gasteiger charge is 2.15. The Balaban J connectivity index is 3.64. The predicted octanol–water partition coefficient (Wildman–Crippen LogP) is 1.80. The van der Waals surface area contributed by atoms with Crippen LogP contribution < -0.4 is 0 Å². The van der Waals surface area contributed by atoms with Crippen LogP contribution in [0.1, 0.15) is 33.1 Å². The molecule has 0 rings (SSSR count). The maximum atomic E-state index is 11.4. The Labute approximate surface area is 80.4 Å². The molecule has 13 heavy (non-hydrogen) atoms. The van der Waals surface area contributed by atoms with E-state index in [1.165, 1.54) is 0 Å². The highest BCUT2D eigenvalue weighted by molar-refractivity contribution is 5.84. The van der Waals surface area contributed by atoms with Crippen LogP contribution in [0.15, 0.2) is 0 Å². The fourth-order valence-electron chi connectivity index (χ4n) is 1.08. The van der Waals surface area contributed by atoms with E-state index >= 15 is 0 Å². The van der Waals surface area contributed by atoms with E-state index < -0.39 is 0 Å². The van der Waals surface area contributed by atoms with Gasteiger partial charge in [-0.1, -0.05) is 20.3 Å². The summed E-state index contributed by atoms with van der Waals surface area (Å²) in [6, 6.07) is 0. The average Bonchev–Trinajstić information content (AvgIpc) is 2.14. The van der Waals surface area contributed by atoms with Gasteiger partial charge in [0.1, 0.15) is 12.7 Å². The lowest BCUT2D eigenvalue weighted by Gasteiger charge is -2.12. The first-order valence-corrected chi connectivity index (χ1v) is 4.89. The molecule has 78 valence electrons. The van der Waals surface area contributed by atoms with Crippen LogP contribution in [0.4, 0.5) is 0 Å². The first-order chi connectivity index (χ1) is 6.26. The third-order valence-corrected chi connectivity index (χ3v) is 1.79. The molecule has 1 unspecified atom stereocenters. The highest BCUT2D eigenvalue weighted by atomic mass is 16.5. The van der Waals surface area contributed by atoms with Crippen LogP contribution in [0.5, 0.6) is 0 Å². The van der Waals surface area contributed by atoms with Gasteiger partial charge < -0.3 is 9.47 Å². The Bertz CT molecular complexity index is 134. The Morgan fingerprint density at radius 1 is 1.31 bits per heavy atom. The summed E-state index contributed by atoms with van der Waals surface area (Å²) in [6.07, 6.45) is 2.41. The van der Waals surface area contributed by atoms with Gasteiger partial charge in [-0.05, 0) is 12.8 Å². The third kappa shape index (κ3) is 5.77. The highest BCUT2D eigenvalue weighted by Crippen LogP contribution is 2.02. The van der Waals surface area contributed by atoms with Crippen LogP contribution in [0.3, 0.4) is 0 Å². The summed E-state index contributed by atoms with van der Waals surface area (Å²) in [5.41, 5.74) is 0. The second-order valence-corrected chi connectivity index (χ2v) is 3.03. The van der Waals surface area contributed by atoms with E-state index in [4.69, 9.17) is 9.47 Å². The van der Waals surface area contributed by atoms with Crippen LogP contribution in [0.25, 0.3) is 0 Å². The molecule has 0 N–H and O–H groups in total. The maximum Gasteiger partial charge on any atom is 0.187 e. The number of ketones is 1. The summed E-state index contributed by atoms with van der Waals surface area (Å²) < 4.78 is 10.2. The zero-order valence-electron chi connectivity index (χ0n) is 8.84. The smallest absolute Gasteiger partial charge is 0.187 e. The fourth-order valence-corrected chi connectivity index (χ4v) is 1.08. The molecule has 0 spiro atoms. The van der Waals surface area contributed by atoms with Crippen molar-refractivity contribution >= 4 is 5.78 Å². The van der Waals surface area contributed by atoms with Crippen LogP contribution in [0.2, 0.25) is 0 Å². The van der Waals surface area contributed by atoms with E-state index in [-0.39, 0.29) is 18.5 Å². The first-order valence-electron chi connectivity index (χ1n) is 4.89. The minimum absolute atomic E-state index is 0.0535. The Morgan fingerprint density at radius 2 is 2.00 bits per heavy atom. The first kappa shape index (κ1) is 12.6.